The minimum Gasteiger partial charge on any atom is -0.309 e. The molecule has 10 aromatic rings. The fourth-order valence-electron chi connectivity index (χ4n) is 8.02. The summed E-state index contributed by atoms with van der Waals surface area (Å²) in [6, 6.07) is 65.9. The number of para-hydroxylation sites is 2. The van der Waals surface area contributed by atoms with Crippen LogP contribution in [0.2, 0.25) is 6.82 Å². The molecule has 3 radical (unpaired) electrons. The van der Waals surface area contributed by atoms with Crippen LogP contribution in [0.25, 0.3) is 88.4 Å². The van der Waals surface area contributed by atoms with Gasteiger partial charge in [0.25, 0.3) is 0 Å². The van der Waals surface area contributed by atoms with Crippen molar-refractivity contribution in [3.05, 3.63) is 182 Å². The van der Waals surface area contributed by atoms with Gasteiger partial charge in [0, 0.05) is 32.9 Å². The van der Waals surface area contributed by atoms with Gasteiger partial charge in [0.1, 0.15) is 15.1 Å². The van der Waals surface area contributed by atoms with Gasteiger partial charge in [0.05, 0.1) is 22.1 Å². The molecule has 2 nitrogen and oxygen atoms in total. The molecule has 2 aromatic heterocycles. The van der Waals surface area contributed by atoms with E-state index in [1.165, 1.54) is 76.9 Å². The zero-order valence-corrected chi connectivity index (χ0v) is 29.4. The van der Waals surface area contributed by atoms with Gasteiger partial charge in [-0.2, -0.15) is 0 Å². The predicted molar refractivity (Wildman–Crippen MR) is 228 cm³/mol. The third-order valence-corrected chi connectivity index (χ3v) is 10.7. The van der Waals surface area contributed by atoms with Crippen LogP contribution in [-0.2, 0) is 0 Å². The molecule has 0 N–H and O–H groups in total. The maximum absolute atomic E-state index is 6.04. The van der Waals surface area contributed by atoms with Gasteiger partial charge >= 0.3 is 0 Å². The van der Waals surface area contributed by atoms with Crippen molar-refractivity contribution in [2.45, 2.75) is 6.82 Å². The zero-order chi connectivity index (χ0) is 35.5. The third kappa shape index (κ3) is 5.29. The number of fused-ring (bicyclic) bond motifs is 6. The molecule has 0 saturated heterocycles. The second kappa shape index (κ2) is 12.6. The van der Waals surface area contributed by atoms with E-state index in [2.05, 4.69) is 193 Å². The Hall–Kier alpha value is -6.51. The number of nitrogens with zero attached hydrogens (tertiary/aromatic N) is 2. The highest BCUT2D eigenvalue weighted by atomic mass is 15.0. The number of benzene rings is 8. The van der Waals surface area contributed by atoms with Gasteiger partial charge in [0.15, 0.2) is 0 Å². The van der Waals surface area contributed by atoms with Gasteiger partial charge in [-0.25, -0.2) is 0 Å². The van der Waals surface area contributed by atoms with E-state index < -0.39 is 0 Å². The molecule has 8 aromatic carbocycles. The van der Waals surface area contributed by atoms with Crippen LogP contribution < -0.4 is 10.9 Å². The van der Waals surface area contributed by atoms with Gasteiger partial charge in [-0.15, -0.1) is 0 Å². The average molecular weight is 671 g/mol. The number of hydrogen-bond donors (Lipinski definition) is 0. The summed E-state index contributed by atoms with van der Waals surface area (Å²) in [6.45, 7) is 2.08. The Morgan fingerprint density at radius 1 is 0.358 bits per heavy atom. The molecule has 0 aliphatic heterocycles. The van der Waals surface area contributed by atoms with E-state index >= 15 is 0 Å². The van der Waals surface area contributed by atoms with E-state index in [9.17, 15) is 0 Å². The molecule has 0 aliphatic carbocycles. The van der Waals surface area contributed by atoms with E-state index in [-0.39, 0.29) is 0 Å². The number of hydrogen-bond acceptors (Lipinski definition) is 0. The quantitative estimate of drug-likeness (QED) is 0.156. The molecule has 4 heteroatoms. The Labute approximate surface area is 311 Å². The fourth-order valence-corrected chi connectivity index (χ4v) is 8.02. The highest BCUT2D eigenvalue weighted by Gasteiger charge is 2.17. The largest absolute Gasteiger partial charge is 0.309 e. The lowest BCUT2D eigenvalue weighted by atomic mass is 9.73. The molecule has 10 rings (SSSR count). The first-order valence-electron chi connectivity index (χ1n) is 18.2. The van der Waals surface area contributed by atoms with E-state index in [1.807, 2.05) is 12.1 Å². The first-order valence-corrected chi connectivity index (χ1v) is 18.2. The van der Waals surface area contributed by atoms with Crippen molar-refractivity contribution >= 4 is 69.7 Å². The highest BCUT2D eigenvalue weighted by Crippen LogP contribution is 2.40. The third-order valence-electron chi connectivity index (χ3n) is 10.7. The molecule has 0 bridgehead atoms. The average Bonchev–Trinajstić information content (AvgIpc) is 3.73. The minimum absolute atomic E-state index is 0.768. The topological polar surface area (TPSA) is 9.86 Å². The van der Waals surface area contributed by atoms with Crippen LogP contribution in [-0.4, -0.2) is 24.3 Å². The molecule has 0 amide bonds. The van der Waals surface area contributed by atoms with Crippen molar-refractivity contribution in [2.75, 3.05) is 0 Å². The minimum atomic E-state index is 0.768. The van der Waals surface area contributed by atoms with Crippen molar-refractivity contribution < 1.29 is 0 Å². The van der Waals surface area contributed by atoms with Crippen molar-refractivity contribution in [3.63, 3.8) is 0 Å². The van der Waals surface area contributed by atoms with Crippen molar-refractivity contribution in [1.82, 2.24) is 9.13 Å². The molecule has 0 aliphatic rings. The lowest BCUT2D eigenvalue weighted by Crippen LogP contribution is -2.08. The molecule has 0 atom stereocenters. The lowest BCUT2D eigenvalue weighted by molar-refractivity contribution is 1.18. The van der Waals surface area contributed by atoms with E-state index in [1.54, 1.807) is 0 Å². The Balaban J connectivity index is 1.18. The van der Waals surface area contributed by atoms with Crippen molar-refractivity contribution in [3.8, 4) is 44.8 Å². The van der Waals surface area contributed by atoms with Crippen molar-refractivity contribution in [2.24, 2.45) is 0 Å². The summed E-state index contributed by atoms with van der Waals surface area (Å²) in [6.07, 6.45) is 0. The Morgan fingerprint density at radius 3 is 1.04 bits per heavy atom. The molecular weight excluding hydrogens is 638 g/mol. The second-order valence-electron chi connectivity index (χ2n) is 13.8. The fraction of sp³-hybridized carbons (Fsp3) is 0.0204. The summed E-state index contributed by atoms with van der Waals surface area (Å²) in [4.78, 5) is 0. The van der Waals surface area contributed by atoms with Crippen LogP contribution in [0.3, 0.4) is 0 Å². The second-order valence-corrected chi connectivity index (χ2v) is 13.8. The summed E-state index contributed by atoms with van der Waals surface area (Å²) >= 11 is 0. The van der Waals surface area contributed by atoms with Crippen LogP contribution in [0.1, 0.15) is 0 Å². The monoisotopic (exact) mass is 671 g/mol. The Kier molecular flexibility index (Phi) is 7.44. The van der Waals surface area contributed by atoms with Crippen molar-refractivity contribution in [1.29, 1.82) is 0 Å². The Bertz CT molecular complexity index is 2960. The summed E-state index contributed by atoms with van der Waals surface area (Å²) in [5.41, 5.74) is 16.2. The van der Waals surface area contributed by atoms with Gasteiger partial charge < -0.3 is 9.13 Å². The van der Waals surface area contributed by atoms with Crippen LogP contribution in [0.5, 0.6) is 0 Å². The lowest BCUT2D eigenvalue weighted by Gasteiger charge is -2.09. The standard InChI is InChI=1S/C49H33B2N2/c1-51-39-22-14-33(15-23-39)35-17-25-47-43(29-35)45-31-37(19-27-49(45)53(47)41-10-6-3-7-11-41)36-18-26-48-44(30-36)42-28-34(32-12-20-38(50)21-13-32)16-24-46(42)52(48)40-8-4-2-5-9-40/h2-31H,1H3. The van der Waals surface area contributed by atoms with Crippen LogP contribution in [0, 0.1) is 0 Å². The molecule has 245 valence electrons. The SMILES string of the molecule is [B]c1ccc(-c2ccc3c(c2)c2cc(-c4ccc5c(c4)c4cc(-c6ccc([B]C)cc6)ccc4n5-c4ccccc4)ccc2n3-c2ccccc2)cc1. The summed E-state index contributed by atoms with van der Waals surface area (Å²) in [5, 5.41) is 4.92. The molecule has 53 heavy (non-hydrogen) atoms. The van der Waals surface area contributed by atoms with E-state index in [0.29, 0.717) is 0 Å². The van der Waals surface area contributed by atoms with Crippen LogP contribution in [0.4, 0.5) is 0 Å². The number of aromatic nitrogens is 2. The predicted octanol–water partition coefficient (Wildman–Crippen LogP) is 11.1. The Morgan fingerprint density at radius 2 is 0.679 bits per heavy atom. The van der Waals surface area contributed by atoms with Gasteiger partial charge in [-0.1, -0.05) is 127 Å². The maximum Gasteiger partial charge on any atom is 0.148 e. The first kappa shape index (κ1) is 31.2. The van der Waals surface area contributed by atoms with Crippen LogP contribution in [0.15, 0.2) is 182 Å². The smallest absolute Gasteiger partial charge is 0.148 e. The van der Waals surface area contributed by atoms with Gasteiger partial charge in [0.2, 0.25) is 0 Å². The molecule has 0 saturated carbocycles. The summed E-state index contributed by atoms with van der Waals surface area (Å²) in [7, 11) is 8.18. The van der Waals surface area contributed by atoms with Gasteiger partial charge in [-0.05, 0) is 106 Å². The normalized spacial score (nSPS) is 11.6. The zero-order valence-electron chi connectivity index (χ0n) is 29.4. The van der Waals surface area contributed by atoms with Gasteiger partial charge in [-0.3, -0.25) is 0 Å². The van der Waals surface area contributed by atoms with E-state index in [4.69, 9.17) is 7.85 Å². The first-order chi connectivity index (χ1) is 26.1. The molecule has 0 spiro atoms. The molecule has 0 fully saturated rings. The highest BCUT2D eigenvalue weighted by molar-refractivity contribution is 6.51. The number of rotatable bonds is 6. The van der Waals surface area contributed by atoms with Crippen LogP contribution >= 0.6 is 0 Å². The maximum atomic E-state index is 6.04. The summed E-state index contributed by atoms with van der Waals surface area (Å²) in [5.74, 6) is 0. The van der Waals surface area contributed by atoms with E-state index in [0.717, 1.165) is 22.4 Å². The molecule has 2 heterocycles. The molecular formula is C49H33B2N2. The molecule has 0 unspecified atom stereocenters. The summed E-state index contributed by atoms with van der Waals surface area (Å²) < 4.78 is 4.77.